The minimum atomic E-state index is -0.0482. The van der Waals surface area contributed by atoms with Gasteiger partial charge in [-0.05, 0) is 54.2 Å². The molecule has 1 aliphatic carbocycles. The average molecular weight is 442 g/mol. The molecule has 0 spiro atoms. The molecule has 2 amide bonds. The van der Waals surface area contributed by atoms with Crippen LogP contribution in [0.15, 0.2) is 24.3 Å². The Morgan fingerprint density at radius 2 is 1.59 bits per heavy atom. The highest BCUT2D eigenvalue weighted by Gasteiger charge is 2.37. The number of piperazine rings is 1. The second-order valence-corrected chi connectivity index (χ2v) is 11.1. The van der Waals surface area contributed by atoms with E-state index in [4.69, 9.17) is 0 Å². The van der Waals surface area contributed by atoms with E-state index in [0.717, 1.165) is 44.5 Å². The summed E-state index contributed by atoms with van der Waals surface area (Å²) in [5, 5.41) is 3.20. The summed E-state index contributed by atoms with van der Waals surface area (Å²) < 4.78 is 0. The lowest BCUT2D eigenvalue weighted by atomic mass is 9.86. The number of carbonyl (C=O) groups is 2. The van der Waals surface area contributed by atoms with Crippen LogP contribution < -0.4 is 5.32 Å². The minimum absolute atomic E-state index is 0.0482. The van der Waals surface area contributed by atoms with Crippen LogP contribution in [0.4, 0.5) is 0 Å². The summed E-state index contributed by atoms with van der Waals surface area (Å²) in [5.74, 6) is 1.33. The second kappa shape index (κ2) is 10.8. The van der Waals surface area contributed by atoms with Crippen LogP contribution in [0.5, 0.6) is 0 Å². The molecule has 32 heavy (non-hydrogen) atoms. The Bertz CT molecular complexity index is 752. The lowest BCUT2D eigenvalue weighted by Crippen LogP contribution is -2.58. The molecule has 1 N–H and O–H groups in total. The Balaban J connectivity index is 1.60. The predicted octanol–water partition coefficient (Wildman–Crippen LogP) is 4.46. The number of nitrogens with zero attached hydrogens (tertiary/aromatic N) is 2. The first-order chi connectivity index (χ1) is 15.2. The summed E-state index contributed by atoms with van der Waals surface area (Å²) in [5.41, 5.74) is 2.07. The molecule has 178 valence electrons. The van der Waals surface area contributed by atoms with Gasteiger partial charge in [0.25, 0.3) is 5.91 Å². The van der Waals surface area contributed by atoms with Crippen molar-refractivity contribution in [2.24, 2.45) is 11.8 Å². The number of nitrogens with one attached hydrogen (secondary N) is 1. The fourth-order valence-electron chi connectivity index (χ4n) is 5.04. The van der Waals surface area contributed by atoms with Crippen LogP contribution in [0.2, 0.25) is 0 Å². The van der Waals surface area contributed by atoms with Crippen molar-refractivity contribution in [3.63, 3.8) is 0 Å². The highest BCUT2D eigenvalue weighted by atomic mass is 16.2. The van der Waals surface area contributed by atoms with Gasteiger partial charge in [-0.1, -0.05) is 59.6 Å². The zero-order valence-corrected chi connectivity index (χ0v) is 20.8. The molecule has 0 aromatic heterocycles. The lowest BCUT2D eigenvalue weighted by Gasteiger charge is -2.40. The summed E-state index contributed by atoms with van der Waals surface area (Å²) in [6.45, 7) is 14.6. The van der Waals surface area contributed by atoms with Crippen LogP contribution in [0.25, 0.3) is 0 Å². The van der Waals surface area contributed by atoms with Crippen LogP contribution >= 0.6 is 0 Å². The Kier molecular flexibility index (Phi) is 8.37. The van der Waals surface area contributed by atoms with Gasteiger partial charge in [-0.2, -0.15) is 0 Å². The summed E-state index contributed by atoms with van der Waals surface area (Å²) in [7, 11) is 0. The molecule has 1 aromatic carbocycles. The third-order valence-electron chi connectivity index (χ3n) is 7.13. The molecule has 1 aromatic rings. The van der Waals surface area contributed by atoms with E-state index >= 15 is 0 Å². The molecule has 1 aliphatic heterocycles. The maximum absolute atomic E-state index is 13.1. The molecule has 0 unspecified atom stereocenters. The predicted molar refractivity (Wildman–Crippen MR) is 131 cm³/mol. The zero-order chi connectivity index (χ0) is 23.3. The number of amides is 2. The van der Waals surface area contributed by atoms with E-state index in [9.17, 15) is 9.59 Å². The number of hydrogen-bond donors (Lipinski definition) is 1. The van der Waals surface area contributed by atoms with Crippen molar-refractivity contribution in [1.82, 2.24) is 15.1 Å². The molecule has 5 heteroatoms. The Labute approximate surface area is 194 Å². The van der Waals surface area contributed by atoms with E-state index in [2.05, 4.69) is 57.0 Å². The zero-order valence-electron chi connectivity index (χ0n) is 20.8. The van der Waals surface area contributed by atoms with E-state index in [-0.39, 0.29) is 23.3 Å². The van der Waals surface area contributed by atoms with Gasteiger partial charge in [-0.3, -0.25) is 14.5 Å². The van der Waals surface area contributed by atoms with Crippen molar-refractivity contribution in [3.05, 3.63) is 35.4 Å². The van der Waals surface area contributed by atoms with Crippen molar-refractivity contribution in [1.29, 1.82) is 0 Å². The molecule has 0 bridgehead atoms. The number of hydrogen-bond acceptors (Lipinski definition) is 3. The summed E-state index contributed by atoms with van der Waals surface area (Å²) in [6.07, 6.45) is 5.75. The van der Waals surface area contributed by atoms with E-state index in [1.165, 1.54) is 18.4 Å². The van der Waals surface area contributed by atoms with E-state index in [1.807, 2.05) is 17.0 Å². The topological polar surface area (TPSA) is 52.7 Å². The number of carbonyl (C=O) groups excluding carboxylic acids is 2. The summed E-state index contributed by atoms with van der Waals surface area (Å²) >= 11 is 0. The van der Waals surface area contributed by atoms with E-state index in [0.29, 0.717) is 24.9 Å². The van der Waals surface area contributed by atoms with Gasteiger partial charge in [0.15, 0.2) is 0 Å². The van der Waals surface area contributed by atoms with Crippen LogP contribution in [-0.2, 0) is 10.2 Å². The van der Waals surface area contributed by atoms with Gasteiger partial charge in [0.1, 0.15) is 0 Å². The largest absolute Gasteiger partial charge is 0.355 e. The molecule has 2 aliphatic rings. The molecule has 1 saturated heterocycles. The fraction of sp³-hybridized carbons (Fsp3) is 0.704. The first-order valence-electron chi connectivity index (χ1n) is 12.6. The summed E-state index contributed by atoms with van der Waals surface area (Å²) in [6, 6.07) is 8.01. The molecular formula is C27H43N3O2. The standard InChI is InChI=1S/C27H43N3O2/c1-20(2)14-15-28-25(31)24(21-8-6-7-9-21)29-16-18-30(19-17-29)26(32)22-10-12-23(13-11-22)27(3,4)5/h10-13,20-21,24H,6-9,14-19H2,1-5H3,(H,28,31)/t24-/m1/s1. The Morgan fingerprint density at radius 3 is 2.12 bits per heavy atom. The fourth-order valence-corrected chi connectivity index (χ4v) is 5.04. The van der Waals surface area contributed by atoms with Gasteiger partial charge in [-0.25, -0.2) is 0 Å². The molecule has 1 heterocycles. The van der Waals surface area contributed by atoms with Crippen LogP contribution in [0, 0.1) is 11.8 Å². The molecule has 2 fully saturated rings. The second-order valence-electron chi connectivity index (χ2n) is 11.1. The van der Waals surface area contributed by atoms with Gasteiger partial charge in [0, 0.05) is 38.3 Å². The Hall–Kier alpha value is -1.88. The molecule has 3 rings (SSSR count). The van der Waals surface area contributed by atoms with Gasteiger partial charge in [0.05, 0.1) is 6.04 Å². The quantitative estimate of drug-likeness (QED) is 0.680. The average Bonchev–Trinajstić information content (AvgIpc) is 3.27. The van der Waals surface area contributed by atoms with E-state index < -0.39 is 0 Å². The maximum atomic E-state index is 13.1. The van der Waals surface area contributed by atoms with Crippen LogP contribution in [-0.4, -0.2) is 60.4 Å². The third kappa shape index (κ3) is 6.34. The maximum Gasteiger partial charge on any atom is 0.253 e. The monoisotopic (exact) mass is 441 g/mol. The van der Waals surface area contributed by atoms with Gasteiger partial charge in [-0.15, -0.1) is 0 Å². The molecule has 5 nitrogen and oxygen atoms in total. The highest BCUT2D eigenvalue weighted by molar-refractivity contribution is 5.94. The number of benzene rings is 1. The highest BCUT2D eigenvalue weighted by Crippen LogP contribution is 2.31. The van der Waals surface area contributed by atoms with Crippen molar-refractivity contribution >= 4 is 11.8 Å². The molecular weight excluding hydrogens is 398 g/mol. The first kappa shape index (κ1) is 24.8. The van der Waals surface area contributed by atoms with Crippen molar-refractivity contribution in [3.8, 4) is 0 Å². The first-order valence-corrected chi connectivity index (χ1v) is 12.6. The smallest absolute Gasteiger partial charge is 0.253 e. The van der Waals surface area contributed by atoms with Crippen LogP contribution in [0.3, 0.4) is 0 Å². The minimum Gasteiger partial charge on any atom is -0.355 e. The van der Waals surface area contributed by atoms with E-state index in [1.54, 1.807) is 0 Å². The normalized spacial score (nSPS) is 19.4. The summed E-state index contributed by atoms with van der Waals surface area (Å²) in [4.78, 5) is 30.5. The third-order valence-corrected chi connectivity index (χ3v) is 7.13. The van der Waals surface area contributed by atoms with Gasteiger partial charge >= 0.3 is 0 Å². The lowest BCUT2D eigenvalue weighted by molar-refractivity contribution is -0.129. The van der Waals surface area contributed by atoms with Crippen molar-refractivity contribution < 1.29 is 9.59 Å². The molecule has 0 radical (unpaired) electrons. The molecule has 1 atom stereocenters. The van der Waals surface area contributed by atoms with Gasteiger partial charge in [0.2, 0.25) is 5.91 Å². The molecule has 1 saturated carbocycles. The van der Waals surface area contributed by atoms with Crippen molar-refractivity contribution in [2.75, 3.05) is 32.7 Å². The number of rotatable bonds is 7. The van der Waals surface area contributed by atoms with Crippen LogP contribution in [0.1, 0.15) is 82.6 Å². The van der Waals surface area contributed by atoms with Crippen molar-refractivity contribution in [2.45, 2.75) is 78.2 Å². The van der Waals surface area contributed by atoms with Gasteiger partial charge < -0.3 is 10.2 Å². The SMILES string of the molecule is CC(C)CCNC(=O)[C@@H](C1CCCC1)N1CCN(C(=O)c2ccc(C(C)(C)C)cc2)CC1. The Morgan fingerprint density at radius 1 is 1.00 bits per heavy atom.